The molecule has 0 aromatic heterocycles. The van der Waals surface area contributed by atoms with Crippen LogP contribution in [0.1, 0.15) is 51.5 Å². The van der Waals surface area contributed by atoms with Gasteiger partial charge in [-0.3, -0.25) is 38.4 Å². The second kappa shape index (κ2) is 22.3. The number of rotatable bonds is 23. The van der Waals surface area contributed by atoms with Crippen molar-refractivity contribution in [2.24, 2.45) is 11.7 Å². The lowest BCUT2D eigenvalue weighted by atomic mass is 10.0. The zero-order chi connectivity index (χ0) is 39.5. The Labute approximate surface area is 306 Å². The van der Waals surface area contributed by atoms with Crippen LogP contribution in [0.15, 0.2) is 42.5 Å². The van der Waals surface area contributed by atoms with Crippen LogP contribution in [0.3, 0.4) is 0 Å². The first-order valence-corrected chi connectivity index (χ1v) is 17.1. The highest BCUT2D eigenvalue weighted by Gasteiger charge is 2.33. The summed E-state index contributed by atoms with van der Waals surface area (Å²) in [4.78, 5) is 101. The third kappa shape index (κ3) is 15.7. The molecular formula is C35H49N7O11. The van der Waals surface area contributed by atoms with E-state index in [-0.39, 0.29) is 38.8 Å². The molecule has 0 radical (unpaired) electrons. The number of aliphatic carboxylic acids is 1. The van der Waals surface area contributed by atoms with E-state index in [9.17, 15) is 43.5 Å². The number of nitrogens with one attached hydrogen (secondary N) is 6. The SMILES string of the molecule is CC(C)[C@H](NC(=O)[C@H](CO)NC(=O)[C@H](CC(N)=O)NC(=O)[C@H](Cc1ccc2ccccc2c1)NC(=O)CCCC(=O)O)C(=O)NCC(=O)NCCCO. The summed E-state index contributed by atoms with van der Waals surface area (Å²) in [5.41, 5.74) is 5.99. The van der Waals surface area contributed by atoms with E-state index in [1.165, 1.54) is 0 Å². The molecule has 0 saturated carbocycles. The minimum Gasteiger partial charge on any atom is -0.481 e. The van der Waals surface area contributed by atoms with Crippen LogP contribution in [0.4, 0.5) is 0 Å². The van der Waals surface area contributed by atoms with Gasteiger partial charge in [-0.1, -0.05) is 56.3 Å². The van der Waals surface area contributed by atoms with Crippen molar-refractivity contribution in [3.05, 3.63) is 48.0 Å². The van der Waals surface area contributed by atoms with E-state index in [1.54, 1.807) is 19.9 Å². The Kier molecular flexibility index (Phi) is 18.4. The van der Waals surface area contributed by atoms with E-state index in [1.807, 2.05) is 36.4 Å². The number of hydrogen-bond donors (Lipinski definition) is 10. The number of nitrogens with two attached hydrogens (primary N) is 1. The molecule has 0 bridgehead atoms. The molecule has 290 valence electrons. The van der Waals surface area contributed by atoms with Crippen LogP contribution in [0, 0.1) is 5.92 Å². The van der Waals surface area contributed by atoms with Crippen LogP contribution in [0.2, 0.25) is 0 Å². The maximum atomic E-state index is 13.6. The zero-order valence-corrected chi connectivity index (χ0v) is 29.7. The number of fused-ring (bicyclic) bond motifs is 1. The molecule has 2 rings (SSSR count). The Morgan fingerprint density at radius 1 is 0.698 bits per heavy atom. The fourth-order valence-corrected chi connectivity index (χ4v) is 5.06. The van der Waals surface area contributed by atoms with Gasteiger partial charge in [0.25, 0.3) is 0 Å². The van der Waals surface area contributed by atoms with Gasteiger partial charge in [-0.15, -0.1) is 0 Å². The quantitative estimate of drug-likeness (QED) is 0.0541. The summed E-state index contributed by atoms with van der Waals surface area (Å²) in [6.45, 7) is 1.91. The molecule has 4 atom stereocenters. The first kappa shape index (κ1) is 43.5. The third-order valence-electron chi connectivity index (χ3n) is 7.88. The Hall–Kier alpha value is -5.62. The average Bonchev–Trinajstić information content (AvgIpc) is 3.10. The van der Waals surface area contributed by atoms with Crippen LogP contribution in [0.5, 0.6) is 0 Å². The molecule has 2 aromatic rings. The Balaban J connectivity index is 2.20. The fraction of sp³-hybridized carbons (Fsp3) is 0.486. The number of carboxylic acids is 1. The predicted molar refractivity (Wildman–Crippen MR) is 190 cm³/mol. The lowest BCUT2D eigenvalue weighted by Crippen LogP contribution is -2.60. The summed E-state index contributed by atoms with van der Waals surface area (Å²) in [5.74, 6) is -7.47. The standard InChI is InChI=1S/C35H49N7O11/c1-20(2)31(35(53)38-18-29(47)37-13-6-14-43)42-34(52)26(19-44)41-33(51)25(17-27(36)45)40-32(50)24(39-28(46)9-5-10-30(48)49)16-21-11-12-22-7-3-4-8-23(22)15-21/h3-4,7-8,11-12,15,20,24-26,31,43-44H,5-6,9-10,13-14,16-19H2,1-2H3,(H2,36,45)(H,37,47)(H,38,53)(H,39,46)(H,40,50)(H,41,51)(H,42,52)(H,48,49)/t24-,25-,26-,31-/m0/s1. The summed E-state index contributed by atoms with van der Waals surface area (Å²) < 4.78 is 0. The van der Waals surface area contributed by atoms with Crippen LogP contribution in [-0.4, -0.2) is 113 Å². The number of carbonyl (C=O) groups is 8. The molecule has 18 heteroatoms. The number of amides is 7. The van der Waals surface area contributed by atoms with Gasteiger partial charge in [-0.25, -0.2) is 0 Å². The first-order chi connectivity index (χ1) is 25.1. The van der Waals surface area contributed by atoms with Crippen molar-refractivity contribution < 1.29 is 53.7 Å². The summed E-state index contributed by atoms with van der Waals surface area (Å²) in [7, 11) is 0. The molecule has 0 fully saturated rings. The summed E-state index contributed by atoms with van der Waals surface area (Å²) in [5, 5.41) is 44.0. The maximum absolute atomic E-state index is 13.6. The largest absolute Gasteiger partial charge is 0.481 e. The van der Waals surface area contributed by atoms with Gasteiger partial charge in [0, 0.05) is 32.4 Å². The molecule has 7 amide bonds. The van der Waals surface area contributed by atoms with Gasteiger partial charge < -0.3 is 53.0 Å². The highest BCUT2D eigenvalue weighted by atomic mass is 16.4. The van der Waals surface area contributed by atoms with Gasteiger partial charge in [-0.2, -0.15) is 0 Å². The molecule has 2 aromatic carbocycles. The van der Waals surface area contributed by atoms with E-state index >= 15 is 0 Å². The van der Waals surface area contributed by atoms with Gasteiger partial charge >= 0.3 is 5.97 Å². The van der Waals surface area contributed by atoms with Crippen molar-refractivity contribution in [1.82, 2.24) is 31.9 Å². The zero-order valence-electron chi connectivity index (χ0n) is 29.7. The monoisotopic (exact) mass is 743 g/mol. The van der Waals surface area contributed by atoms with E-state index in [0.29, 0.717) is 12.0 Å². The Morgan fingerprint density at radius 2 is 1.34 bits per heavy atom. The van der Waals surface area contributed by atoms with Crippen molar-refractivity contribution in [1.29, 1.82) is 0 Å². The lowest BCUT2D eigenvalue weighted by Gasteiger charge is -2.26. The number of aliphatic hydroxyl groups is 2. The number of carboxylic acid groups (broad SMARTS) is 1. The van der Waals surface area contributed by atoms with Crippen molar-refractivity contribution in [3.8, 4) is 0 Å². The molecule has 0 saturated heterocycles. The third-order valence-corrected chi connectivity index (χ3v) is 7.88. The highest BCUT2D eigenvalue weighted by Crippen LogP contribution is 2.17. The molecule has 0 aliphatic carbocycles. The van der Waals surface area contributed by atoms with Crippen molar-refractivity contribution in [2.45, 2.75) is 76.5 Å². The van der Waals surface area contributed by atoms with Gasteiger partial charge in [0.1, 0.15) is 24.2 Å². The molecule has 18 nitrogen and oxygen atoms in total. The number of primary amides is 1. The summed E-state index contributed by atoms with van der Waals surface area (Å²) in [6, 6.07) is 6.99. The minimum absolute atomic E-state index is 0.00286. The molecule has 0 spiro atoms. The summed E-state index contributed by atoms with van der Waals surface area (Å²) in [6.07, 6.45) is -0.953. The summed E-state index contributed by atoms with van der Waals surface area (Å²) >= 11 is 0. The second-order valence-corrected chi connectivity index (χ2v) is 12.6. The number of aliphatic hydroxyl groups excluding tert-OH is 2. The van der Waals surface area contributed by atoms with Gasteiger partial charge in [-0.05, 0) is 35.1 Å². The molecule has 0 unspecified atom stereocenters. The first-order valence-electron chi connectivity index (χ1n) is 17.1. The van der Waals surface area contributed by atoms with Crippen LogP contribution < -0.4 is 37.6 Å². The van der Waals surface area contributed by atoms with E-state index in [2.05, 4.69) is 31.9 Å². The van der Waals surface area contributed by atoms with Crippen molar-refractivity contribution >= 4 is 58.1 Å². The highest BCUT2D eigenvalue weighted by molar-refractivity contribution is 5.98. The second-order valence-electron chi connectivity index (χ2n) is 12.6. The van der Waals surface area contributed by atoms with Gasteiger partial charge in [0.15, 0.2) is 0 Å². The number of hydrogen-bond acceptors (Lipinski definition) is 10. The van der Waals surface area contributed by atoms with E-state index < -0.39 is 97.0 Å². The maximum Gasteiger partial charge on any atom is 0.303 e. The van der Waals surface area contributed by atoms with Crippen LogP contribution in [-0.2, 0) is 44.8 Å². The predicted octanol–water partition coefficient (Wildman–Crippen LogP) is -2.29. The lowest BCUT2D eigenvalue weighted by molar-refractivity contribution is -0.137. The fourth-order valence-electron chi connectivity index (χ4n) is 5.06. The molecule has 0 aliphatic heterocycles. The normalized spacial score (nSPS) is 13.2. The number of benzene rings is 2. The van der Waals surface area contributed by atoms with Crippen molar-refractivity contribution in [2.75, 3.05) is 26.3 Å². The topological polar surface area (TPSA) is 295 Å². The average molecular weight is 744 g/mol. The van der Waals surface area contributed by atoms with Gasteiger partial charge in [0.2, 0.25) is 41.4 Å². The molecule has 0 aliphatic rings. The van der Waals surface area contributed by atoms with Crippen molar-refractivity contribution in [3.63, 3.8) is 0 Å². The Morgan fingerprint density at radius 3 is 1.96 bits per heavy atom. The molecular weight excluding hydrogens is 694 g/mol. The molecule has 0 heterocycles. The minimum atomic E-state index is -1.67. The van der Waals surface area contributed by atoms with E-state index in [4.69, 9.17) is 15.9 Å². The number of carbonyl (C=O) groups excluding carboxylic acids is 7. The van der Waals surface area contributed by atoms with Crippen LogP contribution in [0.25, 0.3) is 10.8 Å². The molecule has 11 N–H and O–H groups in total. The smallest absolute Gasteiger partial charge is 0.303 e. The van der Waals surface area contributed by atoms with Crippen LogP contribution >= 0.6 is 0 Å². The van der Waals surface area contributed by atoms with Gasteiger partial charge in [0.05, 0.1) is 19.6 Å². The Bertz CT molecular complexity index is 1620. The molecule has 53 heavy (non-hydrogen) atoms. The van der Waals surface area contributed by atoms with E-state index in [0.717, 1.165) is 10.8 Å².